The number of rotatable bonds is 3. The summed E-state index contributed by atoms with van der Waals surface area (Å²) in [7, 11) is 0. The van der Waals surface area contributed by atoms with Crippen LogP contribution in [0.15, 0.2) is 18.2 Å². The van der Waals surface area contributed by atoms with Gasteiger partial charge in [0.25, 0.3) is 0 Å². The van der Waals surface area contributed by atoms with Crippen LogP contribution in [0.3, 0.4) is 0 Å². The molecule has 1 aromatic rings. The Hall–Kier alpha value is -0.840. The zero-order chi connectivity index (χ0) is 14.0. The van der Waals surface area contributed by atoms with Crippen molar-refractivity contribution < 1.29 is 4.39 Å². The maximum atomic E-state index is 13.1. The first-order chi connectivity index (χ1) is 8.92. The van der Waals surface area contributed by atoms with E-state index in [0.717, 1.165) is 18.5 Å². The van der Waals surface area contributed by atoms with E-state index >= 15 is 0 Å². The second-order valence-electron chi connectivity index (χ2n) is 5.72. The van der Waals surface area contributed by atoms with Crippen molar-refractivity contribution >= 4 is 17.3 Å². The molecule has 0 spiro atoms. The van der Waals surface area contributed by atoms with Crippen molar-refractivity contribution in [2.45, 2.75) is 44.3 Å². The van der Waals surface area contributed by atoms with E-state index in [1.165, 1.54) is 6.07 Å². The maximum Gasteiger partial charge on any atom is 0.141 e. The molecule has 3 nitrogen and oxygen atoms in total. The fourth-order valence-electron chi connectivity index (χ4n) is 2.84. The van der Waals surface area contributed by atoms with Gasteiger partial charge in [0.05, 0.1) is 5.02 Å². The molecule has 4 N–H and O–H groups in total. The van der Waals surface area contributed by atoms with Crippen LogP contribution in [0.4, 0.5) is 10.1 Å². The number of hydrogen-bond donors (Lipinski definition) is 3. The van der Waals surface area contributed by atoms with Crippen LogP contribution < -0.4 is 16.4 Å². The van der Waals surface area contributed by atoms with Crippen molar-refractivity contribution in [2.24, 2.45) is 5.73 Å². The standard InChI is InChI=1S/C14H21ClFN3/c1-9-5-11(7-14(2,8-17)19-9)18-10-3-4-13(16)12(15)6-10/h3-4,6,9,11,18-19H,5,7-8,17H2,1-2H3. The molecule has 5 heteroatoms. The molecule has 1 heterocycles. The van der Waals surface area contributed by atoms with Crippen LogP contribution in [0.5, 0.6) is 0 Å². The minimum Gasteiger partial charge on any atom is -0.382 e. The minimum absolute atomic E-state index is 0.0564. The third-order valence-electron chi connectivity index (χ3n) is 3.67. The second-order valence-corrected chi connectivity index (χ2v) is 6.13. The number of piperidine rings is 1. The first-order valence-electron chi connectivity index (χ1n) is 6.61. The van der Waals surface area contributed by atoms with Crippen molar-refractivity contribution in [3.8, 4) is 0 Å². The first-order valence-corrected chi connectivity index (χ1v) is 6.99. The molecule has 0 amide bonds. The molecule has 1 aliphatic rings. The van der Waals surface area contributed by atoms with Gasteiger partial charge in [0.2, 0.25) is 0 Å². The number of nitrogens with two attached hydrogens (primary N) is 1. The van der Waals surface area contributed by atoms with E-state index in [4.69, 9.17) is 17.3 Å². The summed E-state index contributed by atoms with van der Waals surface area (Å²) in [6, 6.07) is 5.44. The van der Waals surface area contributed by atoms with Crippen molar-refractivity contribution in [1.29, 1.82) is 0 Å². The number of halogens is 2. The predicted molar refractivity (Wildman–Crippen MR) is 78.1 cm³/mol. The van der Waals surface area contributed by atoms with Crippen LogP contribution in [-0.2, 0) is 0 Å². The highest BCUT2D eigenvalue weighted by Gasteiger charge is 2.33. The summed E-state index contributed by atoms with van der Waals surface area (Å²) in [5, 5.41) is 7.10. The molecular weight excluding hydrogens is 265 g/mol. The monoisotopic (exact) mass is 285 g/mol. The van der Waals surface area contributed by atoms with Gasteiger partial charge in [0.15, 0.2) is 0 Å². The zero-order valence-electron chi connectivity index (χ0n) is 11.3. The van der Waals surface area contributed by atoms with Crippen LogP contribution in [0, 0.1) is 5.82 Å². The molecule has 0 aliphatic carbocycles. The fourth-order valence-corrected chi connectivity index (χ4v) is 3.02. The van der Waals surface area contributed by atoms with Crippen molar-refractivity contribution in [2.75, 3.05) is 11.9 Å². The summed E-state index contributed by atoms with van der Waals surface area (Å²) < 4.78 is 13.1. The highest BCUT2D eigenvalue weighted by atomic mass is 35.5. The molecule has 1 aliphatic heterocycles. The van der Waals surface area contributed by atoms with Crippen LogP contribution in [-0.4, -0.2) is 24.2 Å². The molecule has 0 aromatic heterocycles. The van der Waals surface area contributed by atoms with E-state index in [1.54, 1.807) is 12.1 Å². The number of nitrogens with one attached hydrogen (secondary N) is 2. The Morgan fingerprint density at radius 2 is 2.32 bits per heavy atom. The summed E-state index contributed by atoms with van der Waals surface area (Å²) in [6.45, 7) is 4.88. The van der Waals surface area contributed by atoms with Crippen LogP contribution in [0.1, 0.15) is 26.7 Å². The molecular formula is C14H21ClFN3. The van der Waals surface area contributed by atoms with E-state index in [0.29, 0.717) is 18.6 Å². The van der Waals surface area contributed by atoms with E-state index in [2.05, 4.69) is 24.5 Å². The Labute approximate surface area is 118 Å². The Kier molecular flexibility index (Phi) is 4.33. The smallest absolute Gasteiger partial charge is 0.141 e. The molecule has 1 aromatic carbocycles. The van der Waals surface area contributed by atoms with Crippen molar-refractivity contribution in [3.63, 3.8) is 0 Å². The van der Waals surface area contributed by atoms with Crippen molar-refractivity contribution in [1.82, 2.24) is 5.32 Å². The van der Waals surface area contributed by atoms with Gasteiger partial charge in [-0.25, -0.2) is 4.39 Å². The lowest BCUT2D eigenvalue weighted by atomic mass is 9.84. The predicted octanol–water partition coefficient (Wildman–Crippen LogP) is 2.75. The maximum absolute atomic E-state index is 13.1. The van der Waals surface area contributed by atoms with Gasteiger partial charge < -0.3 is 16.4 Å². The third-order valence-corrected chi connectivity index (χ3v) is 3.96. The summed E-state index contributed by atoms with van der Waals surface area (Å²) in [5.41, 5.74) is 6.63. The van der Waals surface area contributed by atoms with E-state index < -0.39 is 5.82 Å². The Bertz CT molecular complexity index is 454. The minimum atomic E-state index is -0.391. The molecule has 0 bridgehead atoms. The Balaban J connectivity index is 2.07. The second kappa shape index (κ2) is 5.65. The zero-order valence-corrected chi connectivity index (χ0v) is 12.1. The summed E-state index contributed by atoms with van der Waals surface area (Å²) in [5.74, 6) is -0.391. The van der Waals surface area contributed by atoms with Gasteiger partial charge in [0, 0.05) is 29.9 Å². The van der Waals surface area contributed by atoms with Crippen LogP contribution in [0.25, 0.3) is 0 Å². The molecule has 0 saturated carbocycles. The fraction of sp³-hybridized carbons (Fsp3) is 0.571. The lowest BCUT2D eigenvalue weighted by molar-refractivity contribution is 0.226. The van der Waals surface area contributed by atoms with Crippen molar-refractivity contribution in [3.05, 3.63) is 29.0 Å². The molecule has 3 atom stereocenters. The molecule has 2 rings (SSSR count). The van der Waals surface area contributed by atoms with E-state index in [-0.39, 0.29) is 10.6 Å². The molecule has 106 valence electrons. The van der Waals surface area contributed by atoms with Gasteiger partial charge in [-0.3, -0.25) is 0 Å². The first kappa shape index (κ1) is 14.6. The Morgan fingerprint density at radius 3 is 2.95 bits per heavy atom. The summed E-state index contributed by atoms with van der Waals surface area (Å²) in [4.78, 5) is 0. The lowest BCUT2D eigenvalue weighted by Gasteiger charge is -2.42. The quantitative estimate of drug-likeness (QED) is 0.800. The number of anilines is 1. The molecule has 3 unspecified atom stereocenters. The lowest BCUT2D eigenvalue weighted by Crippen LogP contribution is -2.59. The average molecular weight is 286 g/mol. The van der Waals surface area contributed by atoms with E-state index in [9.17, 15) is 4.39 Å². The van der Waals surface area contributed by atoms with Gasteiger partial charge >= 0.3 is 0 Å². The van der Waals surface area contributed by atoms with Gasteiger partial charge in [0.1, 0.15) is 5.82 Å². The van der Waals surface area contributed by atoms with Crippen LogP contribution in [0.2, 0.25) is 5.02 Å². The number of benzene rings is 1. The molecule has 19 heavy (non-hydrogen) atoms. The average Bonchev–Trinajstić information content (AvgIpc) is 2.33. The number of hydrogen-bond acceptors (Lipinski definition) is 3. The Morgan fingerprint density at radius 1 is 1.58 bits per heavy atom. The van der Waals surface area contributed by atoms with Crippen LogP contribution >= 0.6 is 11.6 Å². The van der Waals surface area contributed by atoms with Gasteiger partial charge in [-0.05, 0) is 44.9 Å². The molecule has 1 saturated heterocycles. The third kappa shape index (κ3) is 3.59. The summed E-state index contributed by atoms with van der Waals surface area (Å²) >= 11 is 5.80. The normalized spacial score (nSPS) is 31.2. The van der Waals surface area contributed by atoms with E-state index in [1.807, 2.05) is 0 Å². The van der Waals surface area contributed by atoms with Gasteiger partial charge in [-0.15, -0.1) is 0 Å². The highest BCUT2D eigenvalue weighted by molar-refractivity contribution is 6.31. The SMILES string of the molecule is CC1CC(Nc2ccc(F)c(Cl)c2)CC(C)(CN)N1. The van der Waals surface area contributed by atoms with Gasteiger partial charge in [-0.1, -0.05) is 11.6 Å². The highest BCUT2D eigenvalue weighted by Crippen LogP contribution is 2.26. The topological polar surface area (TPSA) is 50.1 Å². The molecule has 1 fully saturated rings. The summed E-state index contributed by atoms with van der Waals surface area (Å²) in [6.07, 6.45) is 1.94. The molecule has 0 radical (unpaired) electrons. The van der Waals surface area contributed by atoms with Gasteiger partial charge in [-0.2, -0.15) is 0 Å². The largest absolute Gasteiger partial charge is 0.382 e.